The molecule has 22 heavy (non-hydrogen) atoms. The Morgan fingerprint density at radius 3 is 2.95 bits per heavy atom. The van der Waals surface area contributed by atoms with E-state index in [1.807, 2.05) is 0 Å². The van der Waals surface area contributed by atoms with Gasteiger partial charge in [-0.3, -0.25) is 4.79 Å². The van der Waals surface area contributed by atoms with Crippen LogP contribution >= 0.6 is 11.3 Å². The lowest BCUT2D eigenvalue weighted by atomic mass is 10.4. The molecule has 0 saturated carbocycles. The van der Waals surface area contributed by atoms with E-state index in [1.54, 1.807) is 23.2 Å². The van der Waals surface area contributed by atoms with Crippen LogP contribution < -0.4 is 9.52 Å². The van der Waals surface area contributed by atoms with Crippen molar-refractivity contribution in [3.05, 3.63) is 34.3 Å². The molecule has 2 N–H and O–H groups in total. The van der Waals surface area contributed by atoms with Crippen molar-refractivity contribution in [3.8, 4) is 0 Å². The Kier molecular flexibility index (Phi) is 5.29. The van der Waals surface area contributed by atoms with Crippen molar-refractivity contribution < 1.29 is 17.9 Å². The van der Waals surface area contributed by atoms with Gasteiger partial charge < -0.3 is 14.3 Å². The van der Waals surface area contributed by atoms with Crippen LogP contribution in [0.3, 0.4) is 0 Å². The number of carbonyl (C=O) groups excluding carboxylic acids is 1. The Labute approximate surface area is 131 Å². The van der Waals surface area contributed by atoms with Crippen molar-refractivity contribution in [2.45, 2.75) is 4.90 Å². The molecule has 8 nitrogen and oxygen atoms in total. The molecule has 0 aliphatic rings. The standard InChI is InChI=1S/C12H16N4O4S2/c1-16-4-6-21-12(16)15-11(17)10-7-9(8-13-10)22(18,19)14-3-5-20-2/h4,6-8,13-14H,3,5H2,1-2H3. The second-order valence-corrected chi connectivity index (χ2v) is 6.99. The Balaban J connectivity index is 2.18. The van der Waals surface area contributed by atoms with Crippen LogP contribution in [-0.2, 0) is 21.8 Å². The van der Waals surface area contributed by atoms with Gasteiger partial charge in [-0.2, -0.15) is 4.99 Å². The number of hydrogen-bond acceptors (Lipinski definition) is 5. The van der Waals surface area contributed by atoms with Gasteiger partial charge >= 0.3 is 0 Å². The second-order valence-electron chi connectivity index (χ2n) is 4.35. The molecule has 2 aromatic rings. The molecular weight excluding hydrogens is 328 g/mol. The van der Waals surface area contributed by atoms with Gasteiger partial charge in [-0.05, 0) is 6.07 Å². The van der Waals surface area contributed by atoms with Gasteiger partial charge in [0.2, 0.25) is 10.0 Å². The maximum absolute atomic E-state index is 12.0. The highest BCUT2D eigenvalue weighted by Crippen LogP contribution is 2.11. The van der Waals surface area contributed by atoms with Gasteiger partial charge in [-0.25, -0.2) is 13.1 Å². The molecule has 2 heterocycles. The third-order valence-electron chi connectivity index (χ3n) is 2.75. The van der Waals surface area contributed by atoms with Crippen LogP contribution in [-0.4, -0.2) is 44.1 Å². The Morgan fingerprint density at radius 1 is 1.55 bits per heavy atom. The maximum atomic E-state index is 12.0. The molecule has 0 saturated heterocycles. The topological polar surface area (TPSA) is 106 Å². The number of sulfonamides is 1. The van der Waals surface area contributed by atoms with Crippen molar-refractivity contribution in [1.29, 1.82) is 0 Å². The van der Waals surface area contributed by atoms with Gasteiger partial charge in [-0.1, -0.05) is 0 Å². The lowest BCUT2D eigenvalue weighted by Gasteiger charge is -2.03. The number of rotatable bonds is 6. The third-order valence-corrected chi connectivity index (χ3v) is 5.04. The summed E-state index contributed by atoms with van der Waals surface area (Å²) < 4.78 is 32.8. The number of amides is 1. The highest BCUT2D eigenvalue weighted by Gasteiger charge is 2.17. The smallest absolute Gasteiger partial charge is 0.296 e. The van der Waals surface area contributed by atoms with Crippen LogP contribution in [0.25, 0.3) is 0 Å². The zero-order chi connectivity index (χ0) is 16.2. The number of hydrogen-bond donors (Lipinski definition) is 2. The zero-order valence-corrected chi connectivity index (χ0v) is 13.7. The van der Waals surface area contributed by atoms with E-state index < -0.39 is 15.9 Å². The SMILES string of the molecule is COCCNS(=O)(=O)c1c[nH]c(C(=O)N=c2sccn2C)c1. The molecule has 2 aromatic heterocycles. The molecule has 0 spiro atoms. The summed E-state index contributed by atoms with van der Waals surface area (Å²) in [6, 6.07) is 1.26. The van der Waals surface area contributed by atoms with E-state index >= 15 is 0 Å². The van der Waals surface area contributed by atoms with E-state index in [0.29, 0.717) is 4.80 Å². The zero-order valence-electron chi connectivity index (χ0n) is 12.1. The molecule has 1 amide bonds. The van der Waals surface area contributed by atoms with Gasteiger partial charge in [0, 0.05) is 38.5 Å². The summed E-state index contributed by atoms with van der Waals surface area (Å²) in [6.07, 6.45) is 3.04. The number of aromatic amines is 1. The Bertz CT molecular complexity index is 816. The molecule has 0 atom stereocenters. The van der Waals surface area contributed by atoms with Crippen LogP contribution in [0.1, 0.15) is 10.5 Å². The van der Waals surface area contributed by atoms with Crippen molar-refractivity contribution >= 4 is 27.3 Å². The predicted molar refractivity (Wildman–Crippen MR) is 81.0 cm³/mol. The Morgan fingerprint density at radius 2 is 2.32 bits per heavy atom. The number of nitrogens with zero attached hydrogens (tertiary/aromatic N) is 2. The Hall–Kier alpha value is -1.75. The number of aryl methyl sites for hydroxylation is 1. The fraction of sp³-hybridized carbons (Fsp3) is 0.333. The van der Waals surface area contributed by atoms with Crippen LogP contribution in [0.15, 0.2) is 33.7 Å². The van der Waals surface area contributed by atoms with Crippen molar-refractivity contribution in [2.75, 3.05) is 20.3 Å². The summed E-state index contributed by atoms with van der Waals surface area (Å²) in [5.41, 5.74) is 0.112. The van der Waals surface area contributed by atoms with E-state index in [4.69, 9.17) is 4.74 Å². The van der Waals surface area contributed by atoms with E-state index in [-0.39, 0.29) is 23.7 Å². The number of carbonyl (C=O) groups is 1. The maximum Gasteiger partial charge on any atom is 0.296 e. The predicted octanol–water partition coefficient (Wildman–Crippen LogP) is 0.0805. The first-order chi connectivity index (χ1) is 10.4. The van der Waals surface area contributed by atoms with Gasteiger partial charge in [0.1, 0.15) is 10.6 Å². The average Bonchev–Trinajstić information content (AvgIpc) is 3.09. The van der Waals surface area contributed by atoms with Crippen LogP contribution in [0.2, 0.25) is 0 Å². The molecule has 0 unspecified atom stereocenters. The molecule has 0 bridgehead atoms. The normalized spacial score (nSPS) is 12.7. The monoisotopic (exact) mass is 344 g/mol. The molecule has 0 aliphatic carbocycles. The molecule has 0 fully saturated rings. The van der Waals surface area contributed by atoms with Crippen LogP contribution in [0.5, 0.6) is 0 Å². The first-order valence-electron chi connectivity index (χ1n) is 6.30. The molecule has 0 aliphatic heterocycles. The van der Waals surface area contributed by atoms with Gasteiger partial charge in [-0.15, -0.1) is 11.3 Å². The van der Waals surface area contributed by atoms with E-state index in [1.165, 1.54) is 30.7 Å². The first-order valence-corrected chi connectivity index (χ1v) is 8.66. The third kappa shape index (κ3) is 3.91. The minimum Gasteiger partial charge on any atom is -0.383 e. The minimum atomic E-state index is -3.67. The second kappa shape index (κ2) is 7.01. The molecule has 2 rings (SSSR count). The molecule has 10 heteroatoms. The largest absolute Gasteiger partial charge is 0.383 e. The van der Waals surface area contributed by atoms with E-state index in [9.17, 15) is 13.2 Å². The summed E-state index contributed by atoms with van der Waals surface area (Å²) in [7, 11) is -0.423. The number of methoxy groups -OCH3 is 1. The van der Waals surface area contributed by atoms with Crippen molar-refractivity contribution in [1.82, 2.24) is 14.3 Å². The van der Waals surface area contributed by atoms with E-state index in [2.05, 4.69) is 14.7 Å². The fourth-order valence-corrected chi connectivity index (χ4v) is 3.33. The lowest BCUT2D eigenvalue weighted by Crippen LogP contribution is -2.26. The summed E-state index contributed by atoms with van der Waals surface area (Å²) in [4.78, 5) is 19.1. The highest BCUT2D eigenvalue weighted by atomic mass is 32.2. The van der Waals surface area contributed by atoms with Crippen LogP contribution in [0, 0.1) is 0 Å². The molecular formula is C12H16N4O4S2. The molecule has 120 valence electrons. The lowest BCUT2D eigenvalue weighted by molar-refractivity contribution is 0.0993. The number of aromatic nitrogens is 2. The van der Waals surface area contributed by atoms with E-state index in [0.717, 1.165) is 0 Å². The quantitative estimate of drug-likeness (QED) is 0.724. The number of thiazole rings is 1. The van der Waals surface area contributed by atoms with Crippen LogP contribution in [0.4, 0.5) is 0 Å². The number of H-pyrrole nitrogens is 1. The number of ether oxygens (including phenoxy) is 1. The fourth-order valence-electron chi connectivity index (χ4n) is 1.60. The summed E-state index contributed by atoms with van der Waals surface area (Å²) in [5, 5.41) is 1.80. The van der Waals surface area contributed by atoms with Crippen molar-refractivity contribution in [3.63, 3.8) is 0 Å². The number of nitrogens with one attached hydrogen (secondary N) is 2. The average molecular weight is 344 g/mol. The highest BCUT2D eigenvalue weighted by molar-refractivity contribution is 7.89. The summed E-state index contributed by atoms with van der Waals surface area (Å²) in [5.74, 6) is -0.531. The molecule has 0 aromatic carbocycles. The minimum absolute atomic E-state index is 0.0160. The van der Waals surface area contributed by atoms with Crippen molar-refractivity contribution in [2.24, 2.45) is 12.0 Å². The van der Waals surface area contributed by atoms with Gasteiger partial charge in [0.05, 0.1) is 6.61 Å². The van der Waals surface area contributed by atoms with Gasteiger partial charge in [0.15, 0.2) is 4.80 Å². The summed E-state index contributed by atoms with van der Waals surface area (Å²) >= 11 is 1.32. The molecule has 0 radical (unpaired) electrons. The summed E-state index contributed by atoms with van der Waals surface area (Å²) in [6.45, 7) is 0.419. The van der Waals surface area contributed by atoms with Gasteiger partial charge in [0.25, 0.3) is 5.91 Å². The first kappa shape index (κ1) is 16.6.